The summed E-state index contributed by atoms with van der Waals surface area (Å²) in [4.78, 5) is 0.439. The number of aryl methyl sites for hydroxylation is 1. The molecule has 0 saturated carbocycles. The summed E-state index contributed by atoms with van der Waals surface area (Å²) >= 11 is 1.61. The van der Waals surface area contributed by atoms with Crippen molar-refractivity contribution in [1.82, 2.24) is 0 Å². The van der Waals surface area contributed by atoms with Crippen molar-refractivity contribution in [2.24, 2.45) is 5.92 Å². The molecule has 1 heterocycles. The van der Waals surface area contributed by atoms with Crippen LogP contribution >= 0.6 is 11.3 Å². The summed E-state index contributed by atoms with van der Waals surface area (Å²) in [7, 11) is -3.28. The first-order valence-corrected chi connectivity index (χ1v) is 9.70. The molecular weight excluding hydrogens is 300 g/mol. The van der Waals surface area contributed by atoms with Crippen LogP contribution in [0.1, 0.15) is 31.4 Å². The largest absolute Gasteiger partial charge is 0.223 e. The molecule has 0 aliphatic rings. The zero-order valence-electron chi connectivity index (χ0n) is 12.7. The summed E-state index contributed by atoms with van der Waals surface area (Å²) in [5.41, 5.74) is 2.19. The van der Waals surface area contributed by atoms with Gasteiger partial charge in [-0.05, 0) is 60.2 Å². The highest BCUT2D eigenvalue weighted by molar-refractivity contribution is 7.92. The first-order chi connectivity index (χ1) is 9.89. The minimum Gasteiger partial charge on any atom is -0.223 e. The third-order valence-corrected chi connectivity index (χ3v) is 6.46. The molecule has 21 heavy (non-hydrogen) atoms. The van der Waals surface area contributed by atoms with Gasteiger partial charge in [0, 0.05) is 0 Å². The highest BCUT2D eigenvalue weighted by atomic mass is 32.2. The minimum atomic E-state index is -3.28. The van der Waals surface area contributed by atoms with E-state index in [9.17, 15) is 8.42 Å². The van der Waals surface area contributed by atoms with E-state index in [0.29, 0.717) is 23.7 Å². The van der Waals surface area contributed by atoms with Crippen molar-refractivity contribution in [2.45, 2.75) is 43.8 Å². The molecule has 1 aromatic carbocycles. The van der Waals surface area contributed by atoms with Crippen molar-refractivity contribution in [2.75, 3.05) is 0 Å². The van der Waals surface area contributed by atoms with Gasteiger partial charge in [-0.2, -0.15) is 11.3 Å². The Morgan fingerprint density at radius 1 is 1.10 bits per heavy atom. The first kappa shape index (κ1) is 16.2. The Morgan fingerprint density at radius 3 is 2.29 bits per heavy atom. The summed E-state index contributed by atoms with van der Waals surface area (Å²) < 4.78 is 25.8. The summed E-state index contributed by atoms with van der Waals surface area (Å²) in [6.07, 6.45) is 1.28. The highest BCUT2D eigenvalue weighted by Gasteiger charge is 2.28. The number of rotatable bonds is 6. The lowest BCUT2D eigenvalue weighted by molar-refractivity contribution is 0.522. The van der Waals surface area contributed by atoms with Crippen molar-refractivity contribution in [1.29, 1.82) is 0 Å². The maximum absolute atomic E-state index is 12.9. The first-order valence-electron chi connectivity index (χ1n) is 7.21. The number of benzene rings is 1. The SMILES string of the molecule is Cc1ccc(S(=O)(=O)C(Cc2ccsc2)CC(C)C)cc1. The van der Waals surface area contributed by atoms with Crippen LogP contribution in [-0.4, -0.2) is 13.7 Å². The molecule has 0 spiro atoms. The second kappa shape index (κ2) is 6.75. The third kappa shape index (κ3) is 4.17. The predicted octanol–water partition coefficient (Wildman–Crippen LogP) is 4.49. The van der Waals surface area contributed by atoms with E-state index in [2.05, 4.69) is 13.8 Å². The molecule has 114 valence electrons. The second-order valence-corrected chi connectivity index (χ2v) is 8.95. The number of hydrogen-bond acceptors (Lipinski definition) is 3. The Morgan fingerprint density at radius 2 is 1.76 bits per heavy atom. The van der Waals surface area contributed by atoms with Crippen LogP contribution in [0, 0.1) is 12.8 Å². The van der Waals surface area contributed by atoms with Crippen LogP contribution in [0.4, 0.5) is 0 Å². The standard InChI is InChI=1S/C17H22O2S2/c1-13(2)10-17(11-15-8-9-20-12-15)21(18,19)16-6-4-14(3)5-7-16/h4-9,12-13,17H,10-11H2,1-3H3. The van der Waals surface area contributed by atoms with E-state index in [-0.39, 0.29) is 5.25 Å². The molecule has 0 aliphatic heterocycles. The average molecular weight is 322 g/mol. The lowest BCUT2D eigenvalue weighted by Crippen LogP contribution is -2.25. The molecular formula is C17H22O2S2. The zero-order valence-corrected chi connectivity index (χ0v) is 14.4. The zero-order chi connectivity index (χ0) is 15.5. The van der Waals surface area contributed by atoms with Crippen molar-refractivity contribution >= 4 is 21.2 Å². The fourth-order valence-corrected chi connectivity index (χ4v) is 5.07. The van der Waals surface area contributed by atoms with Gasteiger partial charge in [-0.15, -0.1) is 0 Å². The topological polar surface area (TPSA) is 34.1 Å². The van der Waals surface area contributed by atoms with E-state index < -0.39 is 9.84 Å². The lowest BCUT2D eigenvalue weighted by Gasteiger charge is -2.19. The van der Waals surface area contributed by atoms with Crippen LogP contribution < -0.4 is 0 Å². The molecule has 2 rings (SSSR count). The van der Waals surface area contributed by atoms with Crippen molar-refractivity contribution in [3.8, 4) is 0 Å². The van der Waals surface area contributed by atoms with E-state index in [1.807, 2.05) is 35.9 Å². The fraction of sp³-hybridized carbons (Fsp3) is 0.412. The molecule has 4 heteroatoms. The van der Waals surface area contributed by atoms with Gasteiger partial charge < -0.3 is 0 Å². The molecule has 1 atom stereocenters. The maximum Gasteiger partial charge on any atom is 0.181 e. The smallest absolute Gasteiger partial charge is 0.181 e. The van der Waals surface area contributed by atoms with Crippen molar-refractivity contribution in [3.05, 3.63) is 52.2 Å². The molecule has 0 aliphatic carbocycles. The van der Waals surface area contributed by atoms with Crippen LogP contribution in [-0.2, 0) is 16.3 Å². The van der Waals surface area contributed by atoms with Gasteiger partial charge in [0.25, 0.3) is 0 Å². The Labute approximate surface area is 131 Å². The van der Waals surface area contributed by atoms with Gasteiger partial charge in [0.15, 0.2) is 9.84 Å². The van der Waals surface area contributed by atoms with E-state index in [1.54, 1.807) is 23.5 Å². The van der Waals surface area contributed by atoms with Gasteiger partial charge in [-0.3, -0.25) is 0 Å². The Balaban J connectivity index is 2.31. The molecule has 0 amide bonds. The van der Waals surface area contributed by atoms with Crippen LogP contribution in [0.3, 0.4) is 0 Å². The Kier molecular flexibility index (Phi) is 5.22. The Bertz CT molecular complexity index is 653. The molecule has 0 N–H and O–H groups in total. The van der Waals surface area contributed by atoms with Gasteiger partial charge in [0.05, 0.1) is 10.1 Å². The van der Waals surface area contributed by atoms with Gasteiger partial charge in [-0.25, -0.2) is 8.42 Å². The monoisotopic (exact) mass is 322 g/mol. The molecule has 2 nitrogen and oxygen atoms in total. The van der Waals surface area contributed by atoms with Gasteiger partial charge >= 0.3 is 0 Å². The molecule has 1 unspecified atom stereocenters. The fourth-order valence-electron chi connectivity index (χ4n) is 2.44. The summed E-state index contributed by atoms with van der Waals surface area (Å²) in [5, 5.41) is 3.69. The number of thiophene rings is 1. The quantitative estimate of drug-likeness (QED) is 0.785. The summed E-state index contributed by atoms with van der Waals surface area (Å²) in [6.45, 7) is 6.11. The van der Waals surface area contributed by atoms with Crippen molar-refractivity contribution in [3.63, 3.8) is 0 Å². The predicted molar refractivity (Wildman–Crippen MR) is 89.6 cm³/mol. The van der Waals surface area contributed by atoms with Crippen LogP contribution in [0.25, 0.3) is 0 Å². The lowest BCUT2D eigenvalue weighted by atomic mass is 10.0. The third-order valence-electron chi connectivity index (χ3n) is 3.57. The maximum atomic E-state index is 12.9. The molecule has 0 fully saturated rings. The molecule has 2 aromatic rings. The van der Waals surface area contributed by atoms with Crippen LogP contribution in [0.15, 0.2) is 46.0 Å². The van der Waals surface area contributed by atoms with Crippen molar-refractivity contribution < 1.29 is 8.42 Å². The average Bonchev–Trinajstić information content (AvgIpc) is 2.91. The van der Waals surface area contributed by atoms with E-state index in [1.165, 1.54) is 0 Å². The van der Waals surface area contributed by atoms with Crippen LogP contribution in [0.2, 0.25) is 0 Å². The van der Waals surface area contributed by atoms with Gasteiger partial charge in [0.2, 0.25) is 0 Å². The summed E-state index contributed by atoms with van der Waals surface area (Å²) in [6, 6.07) is 9.20. The van der Waals surface area contributed by atoms with E-state index in [4.69, 9.17) is 0 Å². The number of hydrogen-bond donors (Lipinski definition) is 0. The molecule has 1 aromatic heterocycles. The molecule has 0 bridgehead atoms. The van der Waals surface area contributed by atoms with Gasteiger partial charge in [-0.1, -0.05) is 31.5 Å². The van der Waals surface area contributed by atoms with E-state index >= 15 is 0 Å². The number of sulfone groups is 1. The highest BCUT2D eigenvalue weighted by Crippen LogP contribution is 2.25. The Hall–Kier alpha value is -1.13. The molecule has 0 saturated heterocycles. The van der Waals surface area contributed by atoms with Gasteiger partial charge in [0.1, 0.15) is 0 Å². The van der Waals surface area contributed by atoms with E-state index in [0.717, 1.165) is 11.1 Å². The minimum absolute atomic E-state index is 0.352. The normalized spacial score (nSPS) is 13.5. The molecule has 0 radical (unpaired) electrons. The van der Waals surface area contributed by atoms with Crippen LogP contribution in [0.5, 0.6) is 0 Å². The summed E-state index contributed by atoms with van der Waals surface area (Å²) in [5.74, 6) is 0.355. The second-order valence-electron chi connectivity index (χ2n) is 5.95.